The van der Waals surface area contributed by atoms with E-state index in [4.69, 9.17) is 11.6 Å². The van der Waals surface area contributed by atoms with Gasteiger partial charge in [0.25, 0.3) is 5.56 Å². The highest BCUT2D eigenvalue weighted by atomic mass is 35.5. The molecule has 3 aromatic rings. The number of amides is 2. The van der Waals surface area contributed by atoms with Gasteiger partial charge in [0.05, 0.1) is 29.4 Å². The van der Waals surface area contributed by atoms with Crippen LogP contribution in [0.1, 0.15) is 18.4 Å². The van der Waals surface area contributed by atoms with E-state index in [0.717, 1.165) is 11.6 Å². The van der Waals surface area contributed by atoms with E-state index < -0.39 is 17.6 Å². The van der Waals surface area contributed by atoms with E-state index in [1.165, 1.54) is 10.9 Å². The van der Waals surface area contributed by atoms with E-state index in [9.17, 15) is 19.5 Å². The van der Waals surface area contributed by atoms with Crippen molar-refractivity contribution in [1.29, 1.82) is 0 Å². The summed E-state index contributed by atoms with van der Waals surface area (Å²) in [6.45, 7) is 4.14. The van der Waals surface area contributed by atoms with Crippen LogP contribution in [-0.2, 0) is 22.6 Å². The Morgan fingerprint density at radius 1 is 1.20 bits per heavy atom. The maximum Gasteiger partial charge on any atom is 0.261 e. The molecule has 0 unspecified atom stereocenters. The highest BCUT2D eigenvalue weighted by Gasteiger charge is 2.36. The Hall–Kier alpha value is -3.49. The predicted molar refractivity (Wildman–Crippen MR) is 134 cm³/mol. The summed E-state index contributed by atoms with van der Waals surface area (Å²) in [4.78, 5) is 44.1. The third-order valence-corrected chi connectivity index (χ3v) is 6.58. The number of hydrogen-bond donors (Lipinski definition) is 2. The number of aromatic nitrogens is 2. The Morgan fingerprint density at radius 3 is 2.60 bits per heavy atom. The lowest BCUT2D eigenvalue weighted by atomic mass is 9.90. The summed E-state index contributed by atoms with van der Waals surface area (Å²) in [5.74, 6) is -0.634. The molecule has 2 amide bonds. The van der Waals surface area contributed by atoms with Gasteiger partial charge in [0.1, 0.15) is 6.04 Å². The molecule has 1 aliphatic rings. The number of hydrogen-bond acceptors (Lipinski definition) is 5. The summed E-state index contributed by atoms with van der Waals surface area (Å²) in [7, 11) is 0. The lowest BCUT2D eigenvalue weighted by Gasteiger charge is -2.39. The molecule has 2 N–H and O–H groups in total. The molecule has 182 valence electrons. The standard InChI is InChI=1S/C26H27ClN4O4/c1-2-23(32)29-22(14-18-6-4-3-5-7-18)25(34)30-12-10-26(35,11-13-30)16-31-17-28-21-15-19(27)8-9-20(21)24(31)33/h2-9,15,17,22,35H,1,10-14,16H2,(H,29,32)/t22-/m0/s1. The monoisotopic (exact) mass is 494 g/mol. The summed E-state index contributed by atoms with van der Waals surface area (Å²) in [5.41, 5.74) is 0.000776. The minimum absolute atomic E-state index is 0.0695. The molecule has 0 aliphatic carbocycles. The van der Waals surface area contributed by atoms with Gasteiger partial charge in [-0.2, -0.15) is 0 Å². The number of rotatable bonds is 7. The highest BCUT2D eigenvalue weighted by molar-refractivity contribution is 6.31. The zero-order chi connectivity index (χ0) is 25.0. The molecule has 1 fully saturated rings. The van der Waals surface area contributed by atoms with Crippen LogP contribution in [0, 0.1) is 0 Å². The van der Waals surface area contributed by atoms with Crippen molar-refractivity contribution in [2.75, 3.05) is 13.1 Å². The number of nitrogens with one attached hydrogen (secondary N) is 1. The van der Waals surface area contributed by atoms with Crippen LogP contribution in [0.2, 0.25) is 5.02 Å². The van der Waals surface area contributed by atoms with Crippen LogP contribution in [0.4, 0.5) is 0 Å². The van der Waals surface area contributed by atoms with Crippen LogP contribution in [0.25, 0.3) is 10.9 Å². The summed E-state index contributed by atoms with van der Waals surface area (Å²) < 4.78 is 1.40. The molecule has 0 bridgehead atoms. The first-order valence-corrected chi connectivity index (χ1v) is 11.8. The summed E-state index contributed by atoms with van der Waals surface area (Å²) in [6, 6.07) is 13.6. The van der Waals surface area contributed by atoms with Gasteiger partial charge in [-0.05, 0) is 42.7 Å². The SMILES string of the molecule is C=CC(=O)N[C@@H](Cc1ccccc1)C(=O)N1CCC(O)(Cn2cnc3cc(Cl)ccc3c2=O)CC1. The molecule has 35 heavy (non-hydrogen) atoms. The van der Waals surface area contributed by atoms with E-state index >= 15 is 0 Å². The molecule has 9 heteroatoms. The molecule has 0 saturated carbocycles. The van der Waals surface area contributed by atoms with Crippen molar-refractivity contribution in [2.24, 2.45) is 0 Å². The molecular formula is C26H27ClN4O4. The second-order valence-corrected chi connectivity index (χ2v) is 9.28. The van der Waals surface area contributed by atoms with Crippen LogP contribution in [-0.4, -0.2) is 56.1 Å². The maximum atomic E-state index is 13.3. The molecule has 2 aromatic carbocycles. The average molecular weight is 495 g/mol. The summed E-state index contributed by atoms with van der Waals surface area (Å²) in [5, 5.41) is 14.8. The lowest BCUT2D eigenvalue weighted by molar-refractivity contribution is -0.139. The second kappa shape index (κ2) is 10.4. The zero-order valence-corrected chi connectivity index (χ0v) is 19.9. The Balaban J connectivity index is 1.44. The molecule has 1 atom stereocenters. The van der Waals surface area contributed by atoms with Crippen molar-refractivity contribution < 1.29 is 14.7 Å². The fourth-order valence-corrected chi connectivity index (χ4v) is 4.53. The Kier molecular flexibility index (Phi) is 7.33. The molecule has 1 aliphatic heterocycles. The van der Waals surface area contributed by atoms with Gasteiger partial charge in [0.2, 0.25) is 11.8 Å². The van der Waals surface area contributed by atoms with E-state index in [1.54, 1.807) is 23.1 Å². The van der Waals surface area contributed by atoms with Gasteiger partial charge in [-0.1, -0.05) is 48.5 Å². The molecule has 0 radical (unpaired) electrons. The number of halogens is 1. The van der Waals surface area contributed by atoms with Crippen LogP contribution in [0.15, 0.2) is 72.3 Å². The van der Waals surface area contributed by atoms with E-state index in [0.29, 0.717) is 35.4 Å². The molecular weight excluding hydrogens is 468 g/mol. The number of benzene rings is 2. The number of carbonyl (C=O) groups is 2. The average Bonchev–Trinajstić information content (AvgIpc) is 2.86. The smallest absolute Gasteiger partial charge is 0.261 e. The third-order valence-electron chi connectivity index (χ3n) is 6.34. The molecule has 2 heterocycles. The van der Waals surface area contributed by atoms with Crippen molar-refractivity contribution in [3.8, 4) is 0 Å². The van der Waals surface area contributed by atoms with Crippen molar-refractivity contribution in [1.82, 2.24) is 19.8 Å². The van der Waals surface area contributed by atoms with Crippen molar-refractivity contribution in [3.05, 3.63) is 88.5 Å². The number of fused-ring (bicyclic) bond motifs is 1. The van der Waals surface area contributed by atoms with E-state index in [1.807, 2.05) is 30.3 Å². The van der Waals surface area contributed by atoms with Crippen molar-refractivity contribution in [3.63, 3.8) is 0 Å². The van der Waals surface area contributed by atoms with Crippen LogP contribution in [0.5, 0.6) is 0 Å². The second-order valence-electron chi connectivity index (χ2n) is 8.84. The first-order valence-electron chi connectivity index (χ1n) is 11.4. The lowest BCUT2D eigenvalue weighted by Crippen LogP contribution is -2.55. The summed E-state index contributed by atoms with van der Waals surface area (Å²) in [6.07, 6.45) is 3.48. The van der Waals surface area contributed by atoms with Crippen molar-refractivity contribution >= 4 is 34.3 Å². The van der Waals surface area contributed by atoms with Gasteiger partial charge < -0.3 is 15.3 Å². The van der Waals surface area contributed by atoms with E-state index in [2.05, 4.69) is 16.9 Å². The molecule has 4 rings (SSSR count). The fraction of sp³-hybridized carbons (Fsp3) is 0.308. The number of nitrogens with zero attached hydrogens (tertiary/aromatic N) is 3. The third kappa shape index (κ3) is 5.78. The molecule has 1 aromatic heterocycles. The largest absolute Gasteiger partial charge is 0.388 e. The quantitative estimate of drug-likeness (QED) is 0.490. The van der Waals surface area contributed by atoms with Crippen LogP contribution >= 0.6 is 11.6 Å². The van der Waals surface area contributed by atoms with E-state index in [-0.39, 0.29) is 30.9 Å². The van der Waals surface area contributed by atoms with Crippen LogP contribution < -0.4 is 10.9 Å². The number of aliphatic hydroxyl groups is 1. The number of piperidine rings is 1. The van der Waals surface area contributed by atoms with Crippen LogP contribution in [0.3, 0.4) is 0 Å². The first-order chi connectivity index (χ1) is 16.8. The van der Waals surface area contributed by atoms with Gasteiger partial charge >= 0.3 is 0 Å². The van der Waals surface area contributed by atoms with Gasteiger partial charge in [-0.25, -0.2) is 4.98 Å². The Morgan fingerprint density at radius 2 is 1.91 bits per heavy atom. The first kappa shape index (κ1) is 24.6. The maximum absolute atomic E-state index is 13.3. The number of likely N-dealkylation sites (tertiary alicyclic amines) is 1. The van der Waals surface area contributed by atoms with Gasteiger partial charge in [0.15, 0.2) is 0 Å². The van der Waals surface area contributed by atoms with Gasteiger partial charge in [0, 0.05) is 24.5 Å². The molecule has 0 spiro atoms. The molecule has 1 saturated heterocycles. The Bertz CT molecular complexity index is 1300. The van der Waals surface area contributed by atoms with Gasteiger partial charge in [-0.15, -0.1) is 0 Å². The highest BCUT2D eigenvalue weighted by Crippen LogP contribution is 2.25. The Labute approximate surface area is 207 Å². The topological polar surface area (TPSA) is 105 Å². The number of carbonyl (C=O) groups excluding carboxylic acids is 2. The van der Waals surface area contributed by atoms with Crippen molar-refractivity contribution in [2.45, 2.75) is 37.5 Å². The molecule has 8 nitrogen and oxygen atoms in total. The summed E-state index contributed by atoms with van der Waals surface area (Å²) >= 11 is 5.98. The minimum Gasteiger partial charge on any atom is -0.388 e. The zero-order valence-electron chi connectivity index (χ0n) is 19.2. The van der Waals surface area contributed by atoms with Gasteiger partial charge in [-0.3, -0.25) is 19.0 Å². The predicted octanol–water partition coefficient (Wildman–Crippen LogP) is 2.32. The fourth-order valence-electron chi connectivity index (χ4n) is 4.36. The minimum atomic E-state index is -1.17. The normalized spacial score (nSPS) is 16.0.